The van der Waals surface area contributed by atoms with E-state index < -0.39 is 6.04 Å². The molecule has 4 heteroatoms. The van der Waals surface area contributed by atoms with Gasteiger partial charge in [-0.3, -0.25) is 0 Å². The molecule has 0 aliphatic heterocycles. The Kier molecular flexibility index (Phi) is 3.96. The summed E-state index contributed by atoms with van der Waals surface area (Å²) < 4.78 is 46.9. The van der Waals surface area contributed by atoms with E-state index in [1.54, 1.807) is 12.1 Å². The zero-order valence-electron chi connectivity index (χ0n) is 24.5. The first-order valence-corrected chi connectivity index (χ1v) is 11.8. The Bertz CT molecular complexity index is 2060. The minimum atomic E-state index is -0.421. The summed E-state index contributed by atoms with van der Waals surface area (Å²) in [4.78, 5) is 14.4. The maximum absolute atomic E-state index is 8.35. The number of rotatable bonds is 4. The molecule has 4 nitrogen and oxygen atoms in total. The lowest BCUT2D eigenvalue weighted by molar-refractivity contribution is 0.669. The summed E-state index contributed by atoms with van der Waals surface area (Å²) in [5, 5.41) is 1.72. The molecule has 37 heavy (non-hydrogen) atoms. The molecule has 7 rings (SSSR count). The second-order valence-corrected chi connectivity index (χ2v) is 8.56. The maximum atomic E-state index is 8.35. The second-order valence-electron chi connectivity index (χ2n) is 8.56. The molecule has 0 saturated heterocycles. The summed E-state index contributed by atoms with van der Waals surface area (Å²) in [6.07, 6.45) is 0. The predicted molar refractivity (Wildman–Crippen MR) is 149 cm³/mol. The molecule has 0 atom stereocenters. The Labute approximate surface area is 221 Å². The van der Waals surface area contributed by atoms with Gasteiger partial charge in [0.25, 0.3) is 0 Å². The van der Waals surface area contributed by atoms with Crippen LogP contribution in [0.15, 0.2) is 132 Å². The van der Waals surface area contributed by atoms with E-state index in [0.29, 0.717) is 34.2 Å². The van der Waals surface area contributed by atoms with Gasteiger partial charge < -0.3 is 4.42 Å². The largest absolute Gasteiger partial charge is 0.456 e. The molecule has 0 saturated carbocycles. The molecule has 0 fully saturated rings. The first-order valence-electron chi connectivity index (χ1n) is 14.3. The van der Waals surface area contributed by atoms with Gasteiger partial charge in [0.2, 0.25) is 0 Å². The van der Waals surface area contributed by atoms with Crippen LogP contribution in [0.5, 0.6) is 0 Å². The Morgan fingerprint density at radius 2 is 0.946 bits per heavy atom. The molecule has 7 aromatic rings. The summed E-state index contributed by atoms with van der Waals surface area (Å²) in [6, 6.07) is 28.9. The highest BCUT2D eigenvalue weighted by atomic mass is 16.3. The molecular formula is C33H21N3O. The molecule has 0 bridgehead atoms. The summed E-state index contributed by atoms with van der Waals surface area (Å²) in [7, 11) is 0. The molecule has 0 aliphatic carbocycles. The molecule has 0 N–H and O–H groups in total. The molecule has 174 valence electrons. The first kappa shape index (κ1) is 16.6. The van der Waals surface area contributed by atoms with Crippen molar-refractivity contribution in [2.45, 2.75) is 0 Å². The van der Waals surface area contributed by atoms with Crippen molar-refractivity contribution in [1.82, 2.24) is 15.0 Å². The third-order valence-corrected chi connectivity index (χ3v) is 6.22. The summed E-state index contributed by atoms with van der Waals surface area (Å²) in [6.45, 7) is 0. The van der Waals surface area contributed by atoms with Crippen LogP contribution in [0, 0.1) is 0 Å². The number of hydrogen-bond donors (Lipinski definition) is 0. The summed E-state index contributed by atoms with van der Waals surface area (Å²) >= 11 is 0. The van der Waals surface area contributed by atoms with Crippen LogP contribution >= 0.6 is 0 Å². The Morgan fingerprint density at radius 1 is 0.459 bits per heavy atom. The molecule has 0 unspecified atom stereocenters. The van der Waals surface area contributed by atoms with Crippen molar-refractivity contribution in [3.63, 3.8) is 0 Å². The maximum Gasteiger partial charge on any atom is 0.164 e. The van der Waals surface area contributed by atoms with Gasteiger partial charge in [-0.05, 0) is 35.4 Å². The highest BCUT2D eigenvalue weighted by Gasteiger charge is 2.14. The van der Waals surface area contributed by atoms with E-state index in [-0.39, 0.29) is 29.7 Å². The molecule has 2 heterocycles. The monoisotopic (exact) mass is 480 g/mol. The molecule has 5 aromatic carbocycles. The van der Waals surface area contributed by atoms with Crippen LogP contribution < -0.4 is 0 Å². The smallest absolute Gasteiger partial charge is 0.164 e. The van der Waals surface area contributed by atoms with Gasteiger partial charge in [0.05, 0.1) is 6.85 Å². The normalized spacial score (nSPS) is 13.1. The van der Waals surface area contributed by atoms with Crippen LogP contribution in [0.4, 0.5) is 0 Å². The first-order chi connectivity index (χ1) is 20.4. The Hall–Kier alpha value is -5.09. The van der Waals surface area contributed by atoms with E-state index >= 15 is 0 Å². The van der Waals surface area contributed by atoms with Gasteiger partial charge in [-0.2, -0.15) is 0 Å². The number of aromatic nitrogens is 3. The lowest BCUT2D eigenvalue weighted by Gasteiger charge is -2.08. The third kappa shape index (κ3) is 3.95. The van der Waals surface area contributed by atoms with Gasteiger partial charge in [0.15, 0.2) is 17.5 Å². The van der Waals surface area contributed by atoms with E-state index in [4.69, 9.17) is 26.2 Å². The standard InChI is InChI=1S/C33H21N3O/c1-4-10-22(11-5-1)25-16-18-27-28-19-17-26(21-30(28)37-29(27)20-25)33-35-31(23-12-6-2-7-13-23)34-32(36-33)24-14-8-3-9-15-24/h1-21H/i1D,4D,5D,10D,11D. The fourth-order valence-electron chi connectivity index (χ4n) is 4.40. The van der Waals surface area contributed by atoms with Gasteiger partial charge >= 0.3 is 0 Å². The number of furan rings is 1. The number of fused-ring (bicyclic) bond motifs is 3. The molecule has 0 amide bonds. The Morgan fingerprint density at radius 3 is 1.51 bits per heavy atom. The lowest BCUT2D eigenvalue weighted by Crippen LogP contribution is -2.00. The van der Waals surface area contributed by atoms with E-state index in [0.717, 1.165) is 27.5 Å². The van der Waals surface area contributed by atoms with Crippen molar-refractivity contribution in [3.05, 3.63) is 127 Å². The van der Waals surface area contributed by atoms with E-state index in [1.807, 2.05) is 84.9 Å². The number of benzene rings is 5. The van der Waals surface area contributed by atoms with Gasteiger partial charge in [0, 0.05) is 27.5 Å². The van der Waals surface area contributed by atoms with Crippen LogP contribution in [0.3, 0.4) is 0 Å². The summed E-state index contributed by atoms with van der Waals surface area (Å²) in [5.74, 6) is 1.63. The van der Waals surface area contributed by atoms with Crippen LogP contribution in [-0.2, 0) is 0 Å². The van der Waals surface area contributed by atoms with Gasteiger partial charge in [0.1, 0.15) is 11.2 Å². The molecular weight excluding hydrogens is 454 g/mol. The highest BCUT2D eigenvalue weighted by molar-refractivity contribution is 6.06. The van der Waals surface area contributed by atoms with Gasteiger partial charge in [-0.25, -0.2) is 15.0 Å². The number of nitrogens with zero attached hydrogens (tertiary/aromatic N) is 3. The third-order valence-electron chi connectivity index (χ3n) is 6.22. The fraction of sp³-hybridized carbons (Fsp3) is 0. The minimum absolute atomic E-state index is 0.135. The average molecular weight is 481 g/mol. The fourth-order valence-corrected chi connectivity index (χ4v) is 4.40. The lowest BCUT2D eigenvalue weighted by atomic mass is 10.0. The highest BCUT2D eigenvalue weighted by Crippen LogP contribution is 2.34. The van der Waals surface area contributed by atoms with Crippen molar-refractivity contribution >= 4 is 21.9 Å². The predicted octanol–water partition coefficient (Wildman–Crippen LogP) is 8.44. The number of hydrogen-bond acceptors (Lipinski definition) is 4. The zero-order chi connectivity index (χ0) is 29.0. The van der Waals surface area contributed by atoms with Gasteiger partial charge in [-0.15, -0.1) is 0 Å². The van der Waals surface area contributed by atoms with Crippen LogP contribution in [-0.4, -0.2) is 15.0 Å². The van der Waals surface area contributed by atoms with E-state index in [9.17, 15) is 0 Å². The van der Waals surface area contributed by atoms with Crippen LogP contribution in [0.1, 0.15) is 6.85 Å². The molecule has 0 radical (unpaired) electrons. The quantitative estimate of drug-likeness (QED) is 0.254. The van der Waals surface area contributed by atoms with Crippen molar-refractivity contribution in [2.24, 2.45) is 0 Å². The molecule has 2 aromatic heterocycles. The topological polar surface area (TPSA) is 51.8 Å². The Balaban J connectivity index is 1.37. The van der Waals surface area contributed by atoms with Gasteiger partial charge in [-0.1, -0.05) is 103 Å². The minimum Gasteiger partial charge on any atom is -0.456 e. The average Bonchev–Trinajstić information content (AvgIpc) is 3.40. The SMILES string of the molecule is [2H]c1c([2H])c([2H])c(-c2ccc3c(c2)oc2cc(-c4nc(-c5ccccc5)nc(-c5ccccc5)n4)ccc23)c([2H])c1[2H]. The van der Waals surface area contributed by atoms with Crippen LogP contribution in [0.2, 0.25) is 0 Å². The van der Waals surface area contributed by atoms with E-state index in [1.165, 1.54) is 0 Å². The molecule has 0 aliphatic rings. The van der Waals surface area contributed by atoms with Crippen molar-refractivity contribution in [2.75, 3.05) is 0 Å². The second kappa shape index (κ2) is 8.85. The van der Waals surface area contributed by atoms with Crippen molar-refractivity contribution in [3.8, 4) is 45.3 Å². The van der Waals surface area contributed by atoms with Crippen LogP contribution in [0.25, 0.3) is 67.2 Å². The van der Waals surface area contributed by atoms with Crippen molar-refractivity contribution < 1.29 is 11.3 Å². The summed E-state index contributed by atoms with van der Waals surface area (Å²) in [5.41, 5.74) is 4.28. The molecule has 0 spiro atoms. The zero-order valence-corrected chi connectivity index (χ0v) is 19.5. The van der Waals surface area contributed by atoms with E-state index in [2.05, 4.69) is 0 Å². The van der Waals surface area contributed by atoms with Crippen molar-refractivity contribution in [1.29, 1.82) is 0 Å².